The zero-order valence-corrected chi connectivity index (χ0v) is 12.6. The Balaban J connectivity index is 2.02. The van der Waals surface area contributed by atoms with Crippen LogP contribution in [0.2, 0.25) is 0 Å². The van der Waals surface area contributed by atoms with Crippen LogP contribution in [0.3, 0.4) is 0 Å². The van der Waals surface area contributed by atoms with E-state index in [4.69, 9.17) is 5.73 Å². The Morgan fingerprint density at radius 1 is 1.25 bits per heavy atom. The van der Waals surface area contributed by atoms with Crippen LogP contribution in [0.4, 0.5) is 8.78 Å². The Labute approximate surface area is 136 Å². The summed E-state index contributed by atoms with van der Waals surface area (Å²) in [5.41, 5.74) is 6.38. The molecule has 0 bridgehead atoms. The molecule has 2 aromatic carbocycles. The number of aliphatic hydroxyl groups is 1. The van der Waals surface area contributed by atoms with E-state index in [9.17, 15) is 18.7 Å². The number of aromatic nitrogens is 2. The number of fused-ring (bicyclic) bond motifs is 1. The van der Waals surface area contributed by atoms with Crippen LogP contribution >= 0.6 is 0 Å². The predicted molar refractivity (Wildman–Crippen MR) is 83.9 cm³/mol. The van der Waals surface area contributed by atoms with Crippen molar-refractivity contribution in [2.24, 2.45) is 5.73 Å². The first kappa shape index (κ1) is 16.1. The largest absolute Gasteiger partial charge is 0.386 e. The zero-order chi connectivity index (χ0) is 17.3. The molecule has 124 valence electrons. The van der Waals surface area contributed by atoms with Crippen molar-refractivity contribution in [3.8, 4) is 0 Å². The monoisotopic (exact) mass is 331 g/mol. The van der Waals surface area contributed by atoms with Gasteiger partial charge < -0.3 is 15.4 Å². The van der Waals surface area contributed by atoms with Gasteiger partial charge in [0.1, 0.15) is 17.5 Å². The molecule has 1 aromatic heterocycles. The molecule has 0 aliphatic carbocycles. The maximum atomic E-state index is 13.8. The van der Waals surface area contributed by atoms with Crippen LogP contribution in [0.1, 0.15) is 17.5 Å². The van der Waals surface area contributed by atoms with Crippen molar-refractivity contribution in [1.29, 1.82) is 0 Å². The molecule has 0 unspecified atom stereocenters. The summed E-state index contributed by atoms with van der Waals surface area (Å²) in [6.07, 6.45) is -1.42. The third kappa shape index (κ3) is 3.11. The van der Waals surface area contributed by atoms with Crippen LogP contribution in [0.15, 0.2) is 42.5 Å². The summed E-state index contributed by atoms with van der Waals surface area (Å²) in [4.78, 5) is 15.6. The van der Waals surface area contributed by atoms with Gasteiger partial charge in [0.15, 0.2) is 0 Å². The average molecular weight is 331 g/mol. The van der Waals surface area contributed by atoms with E-state index in [1.807, 2.05) is 0 Å². The molecule has 0 saturated heterocycles. The molecule has 0 saturated carbocycles. The minimum atomic E-state index is -1.30. The molecule has 0 spiro atoms. The van der Waals surface area contributed by atoms with Crippen molar-refractivity contribution < 1.29 is 18.7 Å². The summed E-state index contributed by atoms with van der Waals surface area (Å²) in [6, 6.07) is 9.99. The fourth-order valence-corrected chi connectivity index (χ4v) is 2.66. The highest BCUT2D eigenvalue weighted by Crippen LogP contribution is 2.24. The van der Waals surface area contributed by atoms with Crippen LogP contribution in [0, 0.1) is 11.6 Å². The second kappa shape index (κ2) is 6.37. The number of benzene rings is 2. The van der Waals surface area contributed by atoms with Gasteiger partial charge in [-0.05, 0) is 30.3 Å². The van der Waals surface area contributed by atoms with Crippen molar-refractivity contribution in [1.82, 2.24) is 9.55 Å². The molecule has 0 fully saturated rings. The zero-order valence-electron chi connectivity index (χ0n) is 12.6. The molecule has 0 radical (unpaired) electrons. The Kier molecular flexibility index (Phi) is 4.26. The maximum Gasteiger partial charge on any atom is 0.225 e. The fourth-order valence-electron chi connectivity index (χ4n) is 2.66. The van der Waals surface area contributed by atoms with Gasteiger partial charge in [0.05, 0.1) is 30.1 Å². The molecule has 3 aromatic rings. The third-order valence-corrected chi connectivity index (χ3v) is 3.74. The number of amides is 1. The SMILES string of the molecule is NC(=O)Cc1nc2ccccc2n1C[C@@H](O)c1cc(F)ccc1F. The second-order valence-corrected chi connectivity index (χ2v) is 5.45. The topological polar surface area (TPSA) is 81.1 Å². The Hall–Kier alpha value is -2.80. The molecule has 3 N–H and O–H groups in total. The molecule has 5 nitrogen and oxygen atoms in total. The average Bonchev–Trinajstić information content (AvgIpc) is 2.86. The number of carbonyl (C=O) groups is 1. The first-order valence-electron chi connectivity index (χ1n) is 7.31. The summed E-state index contributed by atoms with van der Waals surface area (Å²) in [5.74, 6) is -1.55. The van der Waals surface area contributed by atoms with Crippen LogP contribution in [-0.2, 0) is 17.8 Å². The fraction of sp³-hybridized carbons (Fsp3) is 0.176. The number of nitrogens with two attached hydrogens (primary N) is 1. The summed E-state index contributed by atoms with van der Waals surface area (Å²) in [7, 11) is 0. The number of nitrogens with zero attached hydrogens (tertiary/aromatic N) is 2. The normalized spacial score (nSPS) is 12.5. The standard InChI is InChI=1S/C17H15F2N3O2/c18-10-5-6-12(19)11(7-10)15(23)9-22-14-4-2-1-3-13(14)21-17(22)8-16(20)24/h1-7,15,23H,8-9H2,(H2,20,24)/t15-/m1/s1. The molecule has 7 heteroatoms. The predicted octanol–water partition coefficient (Wildman–Crippen LogP) is 2.08. The smallest absolute Gasteiger partial charge is 0.225 e. The number of rotatable bonds is 5. The maximum absolute atomic E-state index is 13.8. The van der Waals surface area contributed by atoms with E-state index in [1.165, 1.54) is 0 Å². The van der Waals surface area contributed by atoms with E-state index in [0.717, 1.165) is 18.2 Å². The highest BCUT2D eigenvalue weighted by atomic mass is 19.1. The van der Waals surface area contributed by atoms with Gasteiger partial charge in [-0.15, -0.1) is 0 Å². The van der Waals surface area contributed by atoms with E-state index in [1.54, 1.807) is 28.8 Å². The summed E-state index contributed by atoms with van der Waals surface area (Å²) in [6.45, 7) is -0.0799. The summed E-state index contributed by atoms with van der Waals surface area (Å²) in [5, 5.41) is 10.3. The minimum Gasteiger partial charge on any atom is -0.386 e. The number of para-hydroxylation sites is 2. The van der Waals surface area contributed by atoms with Crippen LogP contribution in [0.5, 0.6) is 0 Å². The second-order valence-electron chi connectivity index (χ2n) is 5.45. The number of hydrogen-bond acceptors (Lipinski definition) is 3. The molecule has 1 amide bonds. The molecular weight excluding hydrogens is 316 g/mol. The Morgan fingerprint density at radius 2 is 2.00 bits per heavy atom. The lowest BCUT2D eigenvalue weighted by molar-refractivity contribution is -0.117. The van der Waals surface area contributed by atoms with Gasteiger partial charge in [0.2, 0.25) is 5.91 Å². The number of carbonyl (C=O) groups excluding carboxylic acids is 1. The first-order chi connectivity index (χ1) is 11.5. The molecule has 3 rings (SSSR count). The lowest BCUT2D eigenvalue weighted by Gasteiger charge is -2.15. The van der Waals surface area contributed by atoms with Gasteiger partial charge in [0.25, 0.3) is 0 Å². The minimum absolute atomic E-state index is 0.0799. The van der Waals surface area contributed by atoms with Gasteiger partial charge in [-0.25, -0.2) is 13.8 Å². The lowest BCUT2D eigenvalue weighted by atomic mass is 10.1. The van der Waals surface area contributed by atoms with Crippen molar-refractivity contribution >= 4 is 16.9 Å². The molecular formula is C17H15F2N3O2. The number of imidazole rings is 1. The molecule has 1 heterocycles. The van der Waals surface area contributed by atoms with Crippen molar-refractivity contribution in [2.75, 3.05) is 0 Å². The summed E-state index contributed by atoms with van der Waals surface area (Å²) >= 11 is 0. The van der Waals surface area contributed by atoms with E-state index in [-0.39, 0.29) is 18.5 Å². The van der Waals surface area contributed by atoms with E-state index >= 15 is 0 Å². The Bertz CT molecular complexity index is 908. The number of primary amides is 1. The van der Waals surface area contributed by atoms with Crippen molar-refractivity contribution in [3.05, 3.63) is 65.5 Å². The van der Waals surface area contributed by atoms with E-state index in [2.05, 4.69) is 4.98 Å². The van der Waals surface area contributed by atoms with Crippen LogP contribution < -0.4 is 5.73 Å². The van der Waals surface area contributed by atoms with Crippen molar-refractivity contribution in [3.63, 3.8) is 0 Å². The summed E-state index contributed by atoms with van der Waals surface area (Å²) < 4.78 is 28.8. The van der Waals surface area contributed by atoms with Gasteiger partial charge in [0, 0.05) is 5.56 Å². The van der Waals surface area contributed by atoms with Crippen molar-refractivity contribution in [2.45, 2.75) is 19.1 Å². The Morgan fingerprint density at radius 3 is 2.75 bits per heavy atom. The number of halogens is 2. The molecule has 1 atom stereocenters. The third-order valence-electron chi connectivity index (χ3n) is 3.74. The van der Waals surface area contributed by atoms with Crippen LogP contribution in [-0.4, -0.2) is 20.6 Å². The van der Waals surface area contributed by atoms with E-state index in [0.29, 0.717) is 16.9 Å². The van der Waals surface area contributed by atoms with Crippen LogP contribution in [0.25, 0.3) is 11.0 Å². The van der Waals surface area contributed by atoms with Gasteiger partial charge in [-0.1, -0.05) is 12.1 Å². The highest BCUT2D eigenvalue weighted by Gasteiger charge is 2.19. The number of aliphatic hydroxyl groups excluding tert-OH is 1. The van der Waals surface area contributed by atoms with Gasteiger partial charge in [-0.3, -0.25) is 4.79 Å². The molecule has 0 aliphatic heterocycles. The lowest BCUT2D eigenvalue weighted by Crippen LogP contribution is -2.19. The van der Waals surface area contributed by atoms with Gasteiger partial charge >= 0.3 is 0 Å². The first-order valence-corrected chi connectivity index (χ1v) is 7.31. The van der Waals surface area contributed by atoms with Gasteiger partial charge in [-0.2, -0.15) is 0 Å². The highest BCUT2D eigenvalue weighted by molar-refractivity contribution is 5.80. The quantitative estimate of drug-likeness (QED) is 0.751. The number of hydrogen-bond donors (Lipinski definition) is 2. The van der Waals surface area contributed by atoms with E-state index < -0.39 is 23.6 Å². The molecule has 0 aliphatic rings. The molecule has 24 heavy (non-hydrogen) atoms.